The van der Waals surface area contributed by atoms with Crippen molar-refractivity contribution in [2.24, 2.45) is 0 Å². The Labute approximate surface area is 234 Å². The second kappa shape index (κ2) is 20.2. The molecule has 0 fully saturated rings. The molecule has 2 aromatic rings. The molecule has 0 spiro atoms. The third-order valence-electron chi connectivity index (χ3n) is 5.52. The number of rotatable bonds is 17. The van der Waals surface area contributed by atoms with E-state index in [0.29, 0.717) is 29.0 Å². The summed E-state index contributed by atoms with van der Waals surface area (Å²) < 4.78 is 11.8. The van der Waals surface area contributed by atoms with Crippen LogP contribution in [0.15, 0.2) is 36.4 Å². The molecule has 0 aliphatic heterocycles. The standard InChI is InChI=1S/C27H40Cl2N2O2.2ClH/c1-4-7-15-31(16-8-5-2)17-9-14-30-20-22-10-13-26(27(18-22)32-6-3)33-21-23-11-12-24(28)19-25(23)29;;/h10-13,18-19,30H,4-9,14-17,20-21H2,1-3H3;2*1H. The highest BCUT2D eigenvalue weighted by molar-refractivity contribution is 6.35. The maximum atomic E-state index is 6.27. The first-order valence-corrected chi connectivity index (χ1v) is 13.1. The van der Waals surface area contributed by atoms with Crippen molar-refractivity contribution in [1.29, 1.82) is 0 Å². The van der Waals surface area contributed by atoms with Crippen molar-refractivity contribution in [2.75, 3.05) is 32.8 Å². The van der Waals surface area contributed by atoms with Crippen LogP contribution in [0.3, 0.4) is 0 Å². The summed E-state index contributed by atoms with van der Waals surface area (Å²) in [5.41, 5.74) is 2.07. The van der Waals surface area contributed by atoms with Crippen molar-refractivity contribution < 1.29 is 9.47 Å². The molecule has 0 radical (unpaired) electrons. The molecule has 1 N–H and O–H groups in total. The SMILES string of the molecule is CCCCN(CCCC)CCCNCc1ccc(OCc2ccc(Cl)cc2Cl)c(OCC)c1.Cl.Cl. The van der Waals surface area contributed by atoms with E-state index in [1.54, 1.807) is 6.07 Å². The molecular weight excluding hydrogens is 526 g/mol. The van der Waals surface area contributed by atoms with Crippen molar-refractivity contribution in [3.63, 3.8) is 0 Å². The van der Waals surface area contributed by atoms with Crippen molar-refractivity contribution >= 4 is 48.0 Å². The quantitative estimate of drug-likeness (QED) is 0.195. The zero-order valence-corrected chi connectivity index (χ0v) is 24.4. The van der Waals surface area contributed by atoms with Gasteiger partial charge in [-0.15, -0.1) is 24.8 Å². The Bertz CT molecular complexity index is 816. The molecule has 200 valence electrons. The van der Waals surface area contributed by atoms with Crippen LogP contribution in [0.25, 0.3) is 0 Å². The molecule has 0 saturated heterocycles. The molecule has 8 heteroatoms. The van der Waals surface area contributed by atoms with Gasteiger partial charge in [0.1, 0.15) is 6.61 Å². The van der Waals surface area contributed by atoms with E-state index in [9.17, 15) is 0 Å². The molecule has 4 nitrogen and oxygen atoms in total. The number of nitrogens with one attached hydrogen (secondary N) is 1. The monoisotopic (exact) mass is 566 g/mol. The van der Waals surface area contributed by atoms with Crippen LogP contribution in [0.5, 0.6) is 11.5 Å². The summed E-state index contributed by atoms with van der Waals surface area (Å²) in [5.74, 6) is 1.47. The zero-order chi connectivity index (χ0) is 23.9. The molecule has 0 atom stereocenters. The minimum atomic E-state index is 0. The van der Waals surface area contributed by atoms with Crippen molar-refractivity contribution in [3.8, 4) is 11.5 Å². The predicted octanol–water partition coefficient (Wildman–Crippen LogP) is 8.20. The van der Waals surface area contributed by atoms with Crippen LogP contribution in [0.2, 0.25) is 10.0 Å². The number of unbranched alkanes of at least 4 members (excludes halogenated alkanes) is 2. The molecule has 0 amide bonds. The smallest absolute Gasteiger partial charge is 0.161 e. The molecular formula is C27H42Cl4N2O2. The maximum absolute atomic E-state index is 6.27. The summed E-state index contributed by atoms with van der Waals surface area (Å²) in [6.07, 6.45) is 6.26. The normalized spacial score (nSPS) is 10.6. The lowest BCUT2D eigenvalue weighted by atomic mass is 10.2. The molecule has 0 unspecified atom stereocenters. The summed E-state index contributed by atoms with van der Waals surface area (Å²) in [4.78, 5) is 2.61. The molecule has 0 aromatic heterocycles. The highest BCUT2D eigenvalue weighted by Crippen LogP contribution is 2.30. The summed E-state index contributed by atoms with van der Waals surface area (Å²) in [5, 5.41) is 4.79. The van der Waals surface area contributed by atoms with Gasteiger partial charge >= 0.3 is 0 Å². The van der Waals surface area contributed by atoms with E-state index in [2.05, 4.69) is 36.2 Å². The second-order valence-electron chi connectivity index (χ2n) is 8.32. The molecule has 2 aromatic carbocycles. The Kier molecular flexibility index (Phi) is 19.7. The fourth-order valence-electron chi connectivity index (χ4n) is 3.60. The van der Waals surface area contributed by atoms with Gasteiger partial charge in [-0.25, -0.2) is 0 Å². The van der Waals surface area contributed by atoms with Crippen molar-refractivity contribution in [2.45, 2.75) is 66.0 Å². The number of nitrogens with zero attached hydrogens (tertiary/aromatic N) is 1. The Morgan fingerprint density at radius 3 is 2.11 bits per heavy atom. The maximum Gasteiger partial charge on any atom is 0.161 e. The fourth-order valence-corrected chi connectivity index (χ4v) is 4.07. The lowest BCUT2D eigenvalue weighted by Crippen LogP contribution is -2.29. The first kappa shape index (κ1) is 34.1. The van der Waals surface area contributed by atoms with Crippen LogP contribution in [0.4, 0.5) is 0 Å². The van der Waals surface area contributed by atoms with Gasteiger partial charge in [0.25, 0.3) is 0 Å². The summed E-state index contributed by atoms with van der Waals surface area (Å²) in [6.45, 7) is 12.9. The molecule has 0 heterocycles. The lowest BCUT2D eigenvalue weighted by Gasteiger charge is -2.22. The van der Waals surface area contributed by atoms with E-state index in [4.69, 9.17) is 32.7 Å². The average Bonchev–Trinajstić information content (AvgIpc) is 2.80. The van der Waals surface area contributed by atoms with Gasteiger partial charge in [-0.1, -0.05) is 62.0 Å². The van der Waals surface area contributed by atoms with Crippen LogP contribution in [0.1, 0.15) is 64.0 Å². The Hall–Kier alpha value is -0.880. The van der Waals surface area contributed by atoms with E-state index in [0.717, 1.165) is 37.4 Å². The van der Waals surface area contributed by atoms with Gasteiger partial charge in [0.2, 0.25) is 0 Å². The van der Waals surface area contributed by atoms with Crippen LogP contribution in [0, 0.1) is 0 Å². The lowest BCUT2D eigenvalue weighted by molar-refractivity contribution is 0.261. The molecule has 0 saturated carbocycles. The number of benzene rings is 2. The second-order valence-corrected chi connectivity index (χ2v) is 9.16. The van der Waals surface area contributed by atoms with Gasteiger partial charge in [-0.05, 0) is 82.2 Å². The predicted molar refractivity (Wildman–Crippen MR) is 155 cm³/mol. The molecule has 0 aliphatic rings. The van der Waals surface area contributed by atoms with E-state index in [1.807, 2.05) is 25.1 Å². The molecule has 0 aliphatic carbocycles. The van der Waals surface area contributed by atoms with E-state index in [1.165, 1.54) is 44.3 Å². The van der Waals surface area contributed by atoms with Gasteiger partial charge in [0.15, 0.2) is 11.5 Å². The fraction of sp³-hybridized carbons (Fsp3) is 0.556. The van der Waals surface area contributed by atoms with Gasteiger partial charge in [-0.3, -0.25) is 0 Å². The van der Waals surface area contributed by atoms with Gasteiger partial charge in [0.05, 0.1) is 6.61 Å². The minimum absolute atomic E-state index is 0. The Morgan fingerprint density at radius 2 is 1.49 bits per heavy atom. The topological polar surface area (TPSA) is 33.7 Å². The molecule has 2 rings (SSSR count). The number of halogens is 4. The van der Waals surface area contributed by atoms with Crippen LogP contribution < -0.4 is 14.8 Å². The van der Waals surface area contributed by atoms with Gasteiger partial charge < -0.3 is 19.7 Å². The summed E-state index contributed by atoms with van der Waals surface area (Å²) in [7, 11) is 0. The number of ether oxygens (including phenoxy) is 2. The third-order valence-corrected chi connectivity index (χ3v) is 6.11. The largest absolute Gasteiger partial charge is 0.490 e. The number of hydrogen-bond acceptors (Lipinski definition) is 4. The van der Waals surface area contributed by atoms with Gasteiger partial charge in [-0.2, -0.15) is 0 Å². The summed E-state index contributed by atoms with van der Waals surface area (Å²) >= 11 is 12.2. The zero-order valence-electron chi connectivity index (χ0n) is 21.3. The van der Waals surface area contributed by atoms with E-state index < -0.39 is 0 Å². The van der Waals surface area contributed by atoms with Crippen LogP contribution in [-0.4, -0.2) is 37.7 Å². The summed E-state index contributed by atoms with van der Waals surface area (Å²) in [6, 6.07) is 11.6. The van der Waals surface area contributed by atoms with E-state index >= 15 is 0 Å². The first-order chi connectivity index (χ1) is 16.1. The molecule has 0 bridgehead atoms. The Morgan fingerprint density at radius 1 is 0.800 bits per heavy atom. The highest BCUT2D eigenvalue weighted by atomic mass is 35.5. The van der Waals surface area contributed by atoms with Crippen LogP contribution >= 0.6 is 48.0 Å². The minimum Gasteiger partial charge on any atom is -0.490 e. The highest BCUT2D eigenvalue weighted by Gasteiger charge is 2.09. The average molecular weight is 568 g/mol. The Balaban J connectivity index is 0.00000578. The third kappa shape index (κ3) is 13.3. The van der Waals surface area contributed by atoms with Crippen molar-refractivity contribution in [1.82, 2.24) is 10.2 Å². The van der Waals surface area contributed by atoms with Crippen molar-refractivity contribution in [3.05, 3.63) is 57.6 Å². The molecule has 35 heavy (non-hydrogen) atoms. The van der Waals surface area contributed by atoms with Crippen LogP contribution in [-0.2, 0) is 13.2 Å². The first-order valence-electron chi connectivity index (χ1n) is 12.3. The number of hydrogen-bond donors (Lipinski definition) is 1. The van der Waals surface area contributed by atoms with E-state index in [-0.39, 0.29) is 24.8 Å². The van der Waals surface area contributed by atoms with Gasteiger partial charge in [0, 0.05) is 22.2 Å².